The van der Waals surface area contributed by atoms with Crippen molar-refractivity contribution >= 4 is 10.9 Å². The fourth-order valence-corrected chi connectivity index (χ4v) is 1.52. The topological polar surface area (TPSA) is 59.1 Å². The van der Waals surface area contributed by atoms with E-state index in [1.807, 2.05) is 25.1 Å². The summed E-state index contributed by atoms with van der Waals surface area (Å²) in [4.78, 5) is 4.37. The van der Waals surface area contributed by atoms with Crippen LogP contribution in [0.5, 0.6) is 5.75 Å². The van der Waals surface area contributed by atoms with Crippen LogP contribution < -0.4 is 5.73 Å². The smallest absolute Gasteiger partial charge is 0.124 e. The average molecular weight is 188 g/mol. The van der Waals surface area contributed by atoms with Gasteiger partial charge in [-0.15, -0.1) is 0 Å². The molecule has 0 aliphatic carbocycles. The Kier molecular flexibility index (Phi) is 2.09. The number of aryl methyl sites for hydroxylation is 1. The summed E-state index contributed by atoms with van der Waals surface area (Å²) in [5.74, 6) is 0.254. The molecule has 3 nitrogen and oxygen atoms in total. The van der Waals surface area contributed by atoms with Crippen molar-refractivity contribution in [3.8, 4) is 5.75 Å². The molecule has 1 aromatic carbocycles. The molecule has 0 aliphatic rings. The maximum absolute atomic E-state index is 9.60. The molecule has 0 unspecified atom stereocenters. The molecule has 0 atom stereocenters. The summed E-state index contributed by atoms with van der Waals surface area (Å²) in [6, 6.07) is 7.21. The summed E-state index contributed by atoms with van der Waals surface area (Å²) < 4.78 is 0. The van der Waals surface area contributed by atoms with Crippen LogP contribution >= 0.6 is 0 Å². The number of benzene rings is 1. The van der Waals surface area contributed by atoms with E-state index in [0.717, 1.165) is 22.2 Å². The van der Waals surface area contributed by atoms with E-state index >= 15 is 0 Å². The number of phenolic OH excluding ortho intramolecular Hbond substituents is 1. The minimum Gasteiger partial charge on any atom is -0.507 e. The number of pyridine rings is 1. The fourth-order valence-electron chi connectivity index (χ4n) is 1.52. The highest BCUT2D eigenvalue weighted by atomic mass is 16.3. The summed E-state index contributed by atoms with van der Waals surface area (Å²) in [5, 5.41) is 10.4. The molecular weight excluding hydrogens is 176 g/mol. The second-order valence-corrected chi connectivity index (χ2v) is 3.30. The first kappa shape index (κ1) is 8.97. The van der Waals surface area contributed by atoms with Crippen LogP contribution in [0.2, 0.25) is 0 Å². The van der Waals surface area contributed by atoms with Crippen LogP contribution in [0.1, 0.15) is 11.3 Å². The zero-order valence-corrected chi connectivity index (χ0v) is 7.99. The van der Waals surface area contributed by atoms with E-state index in [4.69, 9.17) is 5.73 Å². The first-order valence-electron chi connectivity index (χ1n) is 4.50. The number of hydrogen-bond acceptors (Lipinski definition) is 3. The Morgan fingerprint density at radius 2 is 2.07 bits per heavy atom. The van der Waals surface area contributed by atoms with Crippen LogP contribution in [0.4, 0.5) is 0 Å². The largest absolute Gasteiger partial charge is 0.507 e. The Labute approximate surface area is 82.2 Å². The molecule has 2 rings (SSSR count). The van der Waals surface area contributed by atoms with Crippen LogP contribution in [0.25, 0.3) is 10.9 Å². The monoisotopic (exact) mass is 188 g/mol. The fraction of sp³-hybridized carbons (Fsp3) is 0.182. The lowest BCUT2D eigenvalue weighted by Crippen LogP contribution is -1.98. The molecule has 0 saturated carbocycles. The number of rotatable bonds is 1. The highest BCUT2D eigenvalue weighted by Gasteiger charge is 2.05. The van der Waals surface area contributed by atoms with E-state index < -0.39 is 0 Å². The molecule has 14 heavy (non-hydrogen) atoms. The van der Waals surface area contributed by atoms with Crippen molar-refractivity contribution in [2.45, 2.75) is 13.5 Å². The third kappa shape index (κ3) is 1.32. The van der Waals surface area contributed by atoms with Crippen molar-refractivity contribution in [1.82, 2.24) is 4.98 Å². The molecule has 72 valence electrons. The van der Waals surface area contributed by atoms with Crippen molar-refractivity contribution < 1.29 is 5.11 Å². The third-order valence-electron chi connectivity index (χ3n) is 2.28. The number of nitrogens with zero attached hydrogens (tertiary/aromatic N) is 1. The van der Waals surface area contributed by atoms with Gasteiger partial charge in [-0.25, -0.2) is 0 Å². The normalized spacial score (nSPS) is 10.7. The van der Waals surface area contributed by atoms with Gasteiger partial charge in [0.1, 0.15) is 5.75 Å². The van der Waals surface area contributed by atoms with Gasteiger partial charge in [-0.05, 0) is 30.7 Å². The zero-order chi connectivity index (χ0) is 10.1. The lowest BCUT2D eigenvalue weighted by Gasteiger charge is -2.05. The first-order valence-corrected chi connectivity index (χ1v) is 4.50. The van der Waals surface area contributed by atoms with Crippen molar-refractivity contribution in [3.63, 3.8) is 0 Å². The molecule has 3 heteroatoms. The molecule has 2 aromatic rings. The molecular formula is C11H12N2O. The molecule has 3 N–H and O–H groups in total. The van der Waals surface area contributed by atoms with Crippen molar-refractivity contribution in [2.24, 2.45) is 5.73 Å². The number of fused-ring (bicyclic) bond motifs is 1. The lowest BCUT2D eigenvalue weighted by molar-refractivity contribution is 0.481. The van der Waals surface area contributed by atoms with Gasteiger partial charge in [-0.3, -0.25) is 4.98 Å². The Morgan fingerprint density at radius 3 is 2.79 bits per heavy atom. The molecule has 0 fully saturated rings. The first-order chi connectivity index (χ1) is 6.72. The summed E-state index contributed by atoms with van der Waals surface area (Å²) >= 11 is 0. The summed E-state index contributed by atoms with van der Waals surface area (Å²) in [6.45, 7) is 2.36. The van der Waals surface area contributed by atoms with E-state index in [1.54, 1.807) is 6.07 Å². The van der Waals surface area contributed by atoms with Crippen LogP contribution in [-0.4, -0.2) is 10.1 Å². The molecule has 0 saturated heterocycles. The van der Waals surface area contributed by atoms with Crippen LogP contribution in [0.15, 0.2) is 24.3 Å². The van der Waals surface area contributed by atoms with Crippen LogP contribution in [0.3, 0.4) is 0 Å². The highest BCUT2D eigenvalue weighted by molar-refractivity contribution is 5.87. The van der Waals surface area contributed by atoms with Crippen molar-refractivity contribution in [2.75, 3.05) is 0 Å². The maximum Gasteiger partial charge on any atom is 0.124 e. The van der Waals surface area contributed by atoms with E-state index in [0.29, 0.717) is 6.54 Å². The average Bonchev–Trinajstić information content (AvgIpc) is 2.18. The van der Waals surface area contributed by atoms with Gasteiger partial charge >= 0.3 is 0 Å². The molecule has 0 radical (unpaired) electrons. The maximum atomic E-state index is 9.60. The minimum absolute atomic E-state index is 0.254. The number of aromatic nitrogens is 1. The third-order valence-corrected chi connectivity index (χ3v) is 2.28. The zero-order valence-electron chi connectivity index (χ0n) is 7.99. The summed E-state index contributed by atoms with van der Waals surface area (Å²) in [6.07, 6.45) is 0. The number of nitrogens with two attached hydrogens (primary N) is 1. The van der Waals surface area contributed by atoms with E-state index in [2.05, 4.69) is 4.98 Å². The van der Waals surface area contributed by atoms with Gasteiger partial charge in [0.05, 0.1) is 5.52 Å². The molecule has 1 aromatic heterocycles. The number of aromatic hydroxyl groups is 1. The number of hydrogen-bond donors (Lipinski definition) is 2. The lowest BCUT2D eigenvalue weighted by atomic mass is 10.1. The van der Waals surface area contributed by atoms with Gasteiger partial charge in [-0.1, -0.05) is 6.07 Å². The van der Waals surface area contributed by atoms with Gasteiger partial charge in [0.25, 0.3) is 0 Å². The quantitative estimate of drug-likeness (QED) is 0.716. The SMILES string of the molecule is Cc1ccc2c(O)ccc(CN)c2n1. The van der Waals surface area contributed by atoms with Gasteiger partial charge in [-0.2, -0.15) is 0 Å². The predicted molar refractivity (Wildman–Crippen MR) is 56.0 cm³/mol. The van der Waals surface area contributed by atoms with Gasteiger partial charge < -0.3 is 10.8 Å². The second-order valence-electron chi connectivity index (χ2n) is 3.30. The van der Waals surface area contributed by atoms with E-state index in [9.17, 15) is 5.11 Å². The van der Waals surface area contributed by atoms with Gasteiger partial charge in [0.2, 0.25) is 0 Å². The summed E-state index contributed by atoms with van der Waals surface area (Å²) in [5.41, 5.74) is 8.28. The highest BCUT2D eigenvalue weighted by Crippen LogP contribution is 2.25. The Balaban J connectivity index is 2.85. The standard InChI is InChI=1S/C11H12N2O/c1-7-2-4-9-10(14)5-3-8(6-12)11(9)13-7/h2-5,14H,6,12H2,1H3. The van der Waals surface area contributed by atoms with E-state index in [-0.39, 0.29) is 5.75 Å². The van der Waals surface area contributed by atoms with Gasteiger partial charge in [0, 0.05) is 17.6 Å². The van der Waals surface area contributed by atoms with Crippen LogP contribution in [-0.2, 0) is 6.54 Å². The Hall–Kier alpha value is -1.61. The molecule has 0 amide bonds. The van der Waals surface area contributed by atoms with Gasteiger partial charge in [0.15, 0.2) is 0 Å². The number of phenols is 1. The summed E-state index contributed by atoms with van der Waals surface area (Å²) in [7, 11) is 0. The second kappa shape index (κ2) is 3.27. The Morgan fingerprint density at radius 1 is 1.29 bits per heavy atom. The minimum atomic E-state index is 0.254. The van der Waals surface area contributed by atoms with E-state index in [1.165, 1.54) is 0 Å². The molecule has 0 spiro atoms. The molecule has 0 bridgehead atoms. The predicted octanol–water partition coefficient (Wildman–Crippen LogP) is 1.71. The Bertz CT molecular complexity index is 480. The molecule has 1 heterocycles. The molecule has 0 aliphatic heterocycles. The van der Waals surface area contributed by atoms with Crippen molar-refractivity contribution in [3.05, 3.63) is 35.5 Å². The van der Waals surface area contributed by atoms with Crippen LogP contribution in [0, 0.1) is 6.92 Å². The van der Waals surface area contributed by atoms with Crippen molar-refractivity contribution in [1.29, 1.82) is 0 Å².